The van der Waals surface area contributed by atoms with Crippen molar-refractivity contribution in [3.63, 3.8) is 0 Å². The Morgan fingerprint density at radius 1 is 1.33 bits per heavy atom. The minimum Gasteiger partial charge on any atom is -0.341 e. The summed E-state index contributed by atoms with van der Waals surface area (Å²) in [5.74, 6) is 0.0659. The van der Waals surface area contributed by atoms with Gasteiger partial charge in [-0.3, -0.25) is 9.69 Å². The Kier molecular flexibility index (Phi) is 6.05. The predicted molar refractivity (Wildman–Crippen MR) is 99.5 cm³/mol. The van der Waals surface area contributed by atoms with Crippen molar-refractivity contribution in [1.29, 1.82) is 0 Å². The summed E-state index contributed by atoms with van der Waals surface area (Å²) in [5, 5.41) is 0. The van der Waals surface area contributed by atoms with Crippen LogP contribution in [0.3, 0.4) is 0 Å². The number of hydrogen-bond acceptors (Lipinski definition) is 3. The summed E-state index contributed by atoms with van der Waals surface area (Å²) in [4.78, 5) is 17.1. The molecule has 3 atom stereocenters. The van der Waals surface area contributed by atoms with Crippen molar-refractivity contribution < 1.29 is 4.79 Å². The number of nitrogens with zero attached hydrogens (tertiary/aromatic N) is 2. The SMILES string of the molecule is C[C@H]1C[C@H](N(C)C(=O)[C@@H](N)C(C)(C)C)CCN1Cc1ccccc1. The molecule has 1 aromatic rings. The van der Waals surface area contributed by atoms with Gasteiger partial charge in [-0.2, -0.15) is 0 Å². The highest BCUT2D eigenvalue weighted by atomic mass is 16.2. The Bertz CT molecular complexity index is 538. The predicted octanol–water partition coefficient (Wildman–Crippen LogP) is 2.87. The van der Waals surface area contributed by atoms with Gasteiger partial charge < -0.3 is 10.6 Å². The van der Waals surface area contributed by atoms with Crippen LogP contribution in [0.5, 0.6) is 0 Å². The van der Waals surface area contributed by atoms with Crippen LogP contribution in [0.25, 0.3) is 0 Å². The van der Waals surface area contributed by atoms with Gasteiger partial charge in [0.15, 0.2) is 0 Å². The summed E-state index contributed by atoms with van der Waals surface area (Å²) < 4.78 is 0. The first-order valence-corrected chi connectivity index (χ1v) is 9.00. The monoisotopic (exact) mass is 331 g/mol. The fourth-order valence-electron chi connectivity index (χ4n) is 3.37. The maximum absolute atomic E-state index is 12.7. The van der Waals surface area contributed by atoms with Crippen molar-refractivity contribution >= 4 is 5.91 Å². The number of nitrogens with two attached hydrogens (primary N) is 1. The van der Waals surface area contributed by atoms with Gasteiger partial charge in [0.1, 0.15) is 0 Å². The van der Waals surface area contributed by atoms with E-state index in [0.717, 1.165) is 25.9 Å². The third-order valence-electron chi connectivity index (χ3n) is 5.31. The lowest BCUT2D eigenvalue weighted by atomic mass is 9.86. The van der Waals surface area contributed by atoms with E-state index >= 15 is 0 Å². The molecule has 0 radical (unpaired) electrons. The molecule has 1 amide bonds. The standard InChI is InChI=1S/C20H33N3O/c1-15-13-17(22(5)19(24)18(21)20(2,3)4)11-12-23(15)14-16-9-7-6-8-10-16/h6-10,15,17-18H,11-14,21H2,1-5H3/t15-,17+,18+/m0/s1. The molecule has 0 unspecified atom stereocenters. The van der Waals surface area contributed by atoms with Crippen LogP contribution in [0.15, 0.2) is 30.3 Å². The average molecular weight is 332 g/mol. The van der Waals surface area contributed by atoms with Gasteiger partial charge in [-0.25, -0.2) is 0 Å². The third-order valence-corrected chi connectivity index (χ3v) is 5.31. The highest BCUT2D eigenvalue weighted by Gasteiger charge is 2.35. The number of piperidine rings is 1. The molecule has 134 valence electrons. The van der Waals surface area contributed by atoms with E-state index in [-0.39, 0.29) is 17.4 Å². The normalized spacial score (nSPS) is 23.8. The summed E-state index contributed by atoms with van der Waals surface area (Å²) in [7, 11) is 1.91. The van der Waals surface area contributed by atoms with E-state index in [1.807, 2.05) is 32.7 Å². The van der Waals surface area contributed by atoms with Crippen LogP contribution in [0.4, 0.5) is 0 Å². The number of rotatable bonds is 4. The molecule has 1 aliphatic heterocycles. The molecule has 4 heteroatoms. The second-order valence-corrected chi connectivity index (χ2v) is 8.28. The summed E-state index contributed by atoms with van der Waals surface area (Å²) in [6.07, 6.45) is 2.02. The minimum absolute atomic E-state index is 0.0659. The highest BCUT2D eigenvalue weighted by Crippen LogP contribution is 2.25. The largest absolute Gasteiger partial charge is 0.341 e. The molecule has 0 bridgehead atoms. The number of likely N-dealkylation sites (tertiary alicyclic amines) is 1. The van der Waals surface area contributed by atoms with Gasteiger partial charge in [-0.1, -0.05) is 51.1 Å². The lowest BCUT2D eigenvalue weighted by Crippen LogP contribution is -2.55. The second-order valence-electron chi connectivity index (χ2n) is 8.28. The molecular weight excluding hydrogens is 298 g/mol. The molecule has 1 saturated heterocycles. The zero-order valence-electron chi connectivity index (χ0n) is 15.8. The first-order chi connectivity index (χ1) is 11.2. The van der Waals surface area contributed by atoms with Crippen LogP contribution >= 0.6 is 0 Å². The van der Waals surface area contributed by atoms with E-state index in [9.17, 15) is 4.79 Å². The van der Waals surface area contributed by atoms with Crippen molar-refractivity contribution in [3.8, 4) is 0 Å². The number of hydrogen-bond donors (Lipinski definition) is 1. The van der Waals surface area contributed by atoms with E-state index in [0.29, 0.717) is 6.04 Å². The maximum atomic E-state index is 12.7. The van der Waals surface area contributed by atoms with E-state index in [2.05, 4.69) is 42.2 Å². The zero-order valence-corrected chi connectivity index (χ0v) is 15.8. The summed E-state index contributed by atoms with van der Waals surface area (Å²) >= 11 is 0. The zero-order chi connectivity index (χ0) is 17.9. The van der Waals surface area contributed by atoms with Crippen molar-refractivity contribution in [2.75, 3.05) is 13.6 Å². The first-order valence-electron chi connectivity index (χ1n) is 9.00. The van der Waals surface area contributed by atoms with Crippen LogP contribution < -0.4 is 5.73 Å². The molecule has 1 heterocycles. The van der Waals surface area contributed by atoms with E-state index in [4.69, 9.17) is 5.73 Å². The topological polar surface area (TPSA) is 49.6 Å². The Morgan fingerprint density at radius 3 is 2.50 bits per heavy atom. The van der Waals surface area contributed by atoms with Crippen molar-refractivity contribution in [1.82, 2.24) is 9.80 Å². The van der Waals surface area contributed by atoms with Gasteiger partial charge in [-0.05, 0) is 30.7 Å². The molecule has 2 rings (SSSR count). The lowest BCUT2D eigenvalue weighted by Gasteiger charge is -2.42. The van der Waals surface area contributed by atoms with Crippen LogP contribution in [0.2, 0.25) is 0 Å². The Morgan fingerprint density at radius 2 is 1.96 bits per heavy atom. The van der Waals surface area contributed by atoms with Crippen LogP contribution in [-0.4, -0.2) is 47.4 Å². The van der Waals surface area contributed by atoms with Crippen LogP contribution in [0.1, 0.15) is 46.1 Å². The number of likely N-dealkylation sites (N-methyl/N-ethyl adjacent to an activating group) is 1. The van der Waals surface area contributed by atoms with Gasteiger partial charge in [0.05, 0.1) is 6.04 Å². The summed E-state index contributed by atoms with van der Waals surface area (Å²) in [5.41, 5.74) is 7.31. The summed E-state index contributed by atoms with van der Waals surface area (Å²) in [6, 6.07) is 10.9. The number of amides is 1. The third kappa shape index (κ3) is 4.58. The Labute approximate surface area is 147 Å². The number of benzene rings is 1. The molecule has 0 spiro atoms. The molecule has 2 N–H and O–H groups in total. The average Bonchev–Trinajstić information content (AvgIpc) is 2.54. The molecule has 4 nitrogen and oxygen atoms in total. The molecule has 0 saturated carbocycles. The van der Waals surface area contributed by atoms with Crippen LogP contribution in [0, 0.1) is 5.41 Å². The van der Waals surface area contributed by atoms with Crippen LogP contribution in [-0.2, 0) is 11.3 Å². The lowest BCUT2D eigenvalue weighted by molar-refractivity contribution is -0.137. The fraction of sp³-hybridized carbons (Fsp3) is 0.650. The molecule has 1 fully saturated rings. The van der Waals surface area contributed by atoms with Gasteiger partial charge >= 0.3 is 0 Å². The van der Waals surface area contributed by atoms with E-state index in [1.165, 1.54) is 5.56 Å². The quantitative estimate of drug-likeness (QED) is 0.923. The van der Waals surface area contributed by atoms with E-state index in [1.54, 1.807) is 0 Å². The van der Waals surface area contributed by atoms with Crippen molar-refractivity contribution in [2.45, 2.75) is 65.2 Å². The minimum atomic E-state index is -0.444. The summed E-state index contributed by atoms with van der Waals surface area (Å²) in [6.45, 7) is 10.3. The highest BCUT2D eigenvalue weighted by molar-refractivity contribution is 5.82. The second kappa shape index (κ2) is 7.66. The number of carbonyl (C=O) groups excluding carboxylic acids is 1. The smallest absolute Gasteiger partial charge is 0.240 e. The molecule has 1 aromatic carbocycles. The fourth-order valence-corrected chi connectivity index (χ4v) is 3.37. The molecule has 1 aliphatic rings. The molecule has 0 aromatic heterocycles. The number of carbonyl (C=O) groups is 1. The van der Waals surface area contributed by atoms with Gasteiger partial charge in [0, 0.05) is 32.2 Å². The van der Waals surface area contributed by atoms with Gasteiger partial charge in [-0.15, -0.1) is 0 Å². The van der Waals surface area contributed by atoms with Crippen molar-refractivity contribution in [2.24, 2.45) is 11.1 Å². The van der Waals surface area contributed by atoms with Gasteiger partial charge in [0.25, 0.3) is 0 Å². The van der Waals surface area contributed by atoms with Gasteiger partial charge in [0.2, 0.25) is 5.91 Å². The Hall–Kier alpha value is -1.39. The molecule has 24 heavy (non-hydrogen) atoms. The van der Waals surface area contributed by atoms with Crippen molar-refractivity contribution in [3.05, 3.63) is 35.9 Å². The maximum Gasteiger partial charge on any atom is 0.240 e. The van der Waals surface area contributed by atoms with E-state index < -0.39 is 6.04 Å². The molecule has 0 aliphatic carbocycles. The molecular formula is C20H33N3O. The Balaban J connectivity index is 1.93. The first kappa shape index (κ1) is 18.9.